The van der Waals surface area contributed by atoms with Crippen molar-refractivity contribution in [1.29, 1.82) is 0 Å². The molecule has 3 aromatic carbocycles. The summed E-state index contributed by atoms with van der Waals surface area (Å²) in [5, 5.41) is 0. The Labute approximate surface area is 138 Å². The number of rotatable bonds is 1. The Bertz CT molecular complexity index is 740. The Morgan fingerprint density at radius 1 is 0.619 bits per heavy atom. The van der Waals surface area contributed by atoms with Crippen molar-refractivity contribution in [3.8, 4) is 0 Å². The van der Waals surface area contributed by atoms with Crippen LogP contribution in [0.5, 0.6) is 0 Å². The summed E-state index contributed by atoms with van der Waals surface area (Å²) in [6.45, 7) is 0. The molecule has 0 amide bonds. The molecule has 0 bridgehead atoms. The maximum Gasteiger partial charge on any atom is 0.286 e. The number of hydrogen-bond acceptors (Lipinski definition) is 1. The van der Waals surface area contributed by atoms with Crippen LogP contribution in [0.25, 0.3) is 0 Å². The maximum atomic E-state index is 2.54. The third-order valence-corrected chi connectivity index (χ3v) is 5.26. The fourth-order valence-electron chi connectivity index (χ4n) is 2.96. The third kappa shape index (κ3) is 2.07. The second kappa shape index (κ2) is 5.22. The molecule has 0 saturated heterocycles. The molecule has 0 fully saturated rings. The van der Waals surface area contributed by atoms with Crippen LogP contribution in [0.3, 0.4) is 0 Å². The van der Waals surface area contributed by atoms with Crippen LogP contribution in [-0.2, 0) is 0 Å². The number of halogens is 1. The van der Waals surface area contributed by atoms with E-state index in [2.05, 4.69) is 106 Å². The first kappa shape index (κ1) is 13.0. The van der Waals surface area contributed by atoms with Gasteiger partial charge in [0.25, 0.3) is 4.57 Å². The van der Waals surface area contributed by atoms with Gasteiger partial charge < -0.3 is 4.90 Å². The van der Waals surface area contributed by atoms with Crippen molar-refractivity contribution in [2.24, 2.45) is 0 Å². The van der Waals surface area contributed by atoms with Crippen LogP contribution in [-0.4, -0.2) is 4.57 Å². The van der Waals surface area contributed by atoms with Crippen LogP contribution >= 0.6 is 22.4 Å². The molecule has 4 rings (SSSR count). The quantitative estimate of drug-likeness (QED) is 0.455. The first-order valence-corrected chi connectivity index (χ1v) is 8.28. The Morgan fingerprint density at radius 3 is 1.67 bits per heavy atom. The van der Waals surface area contributed by atoms with Crippen molar-refractivity contribution < 1.29 is 0 Å². The van der Waals surface area contributed by atoms with Crippen molar-refractivity contribution in [2.75, 3.05) is 4.90 Å². The Balaban J connectivity index is 2.01. The van der Waals surface area contributed by atoms with Gasteiger partial charge in [0.05, 0.1) is 0 Å². The summed E-state index contributed by atoms with van der Waals surface area (Å²) < 4.78 is 0.398. The summed E-state index contributed by atoms with van der Waals surface area (Å²) in [6.07, 6.45) is 0. The summed E-state index contributed by atoms with van der Waals surface area (Å²) in [5.41, 5.74) is 6.52. The smallest absolute Gasteiger partial charge is 0.286 e. The Kier molecular flexibility index (Phi) is 3.22. The molecule has 0 atom stereocenters. The lowest BCUT2D eigenvalue weighted by Crippen LogP contribution is -2.46. The van der Waals surface area contributed by atoms with E-state index in [1.165, 1.54) is 28.0 Å². The van der Waals surface area contributed by atoms with Crippen LogP contribution < -0.4 is 15.8 Å². The molecule has 1 aliphatic heterocycles. The molecular weight excluding hydrogens is 368 g/mol. The molecule has 0 N–H and O–H groups in total. The zero-order valence-corrected chi connectivity index (χ0v) is 13.6. The molecule has 1 nitrogen and oxygen atoms in total. The molecule has 0 aliphatic carbocycles. The van der Waals surface area contributed by atoms with E-state index >= 15 is 0 Å². The van der Waals surface area contributed by atoms with E-state index in [0.717, 1.165) is 0 Å². The van der Waals surface area contributed by atoms with E-state index < -0.39 is 0 Å². The second-order valence-corrected chi connectivity index (χ2v) is 6.40. The highest BCUT2D eigenvalue weighted by molar-refractivity contribution is 14.1. The Morgan fingerprint density at radius 2 is 1.10 bits per heavy atom. The van der Waals surface area contributed by atoms with Crippen molar-refractivity contribution in [2.45, 2.75) is 0 Å². The van der Waals surface area contributed by atoms with Crippen molar-refractivity contribution in [3.05, 3.63) is 78.9 Å². The molecule has 1 aliphatic rings. The van der Waals surface area contributed by atoms with E-state index in [1.807, 2.05) is 0 Å². The van der Waals surface area contributed by atoms with Gasteiger partial charge in [0.2, 0.25) is 0 Å². The molecule has 100 valence electrons. The summed E-state index contributed by atoms with van der Waals surface area (Å²) >= 11 is 2.54. The van der Waals surface area contributed by atoms with Gasteiger partial charge in [0.15, 0.2) is 0 Å². The number of benzene rings is 3. The predicted molar refractivity (Wildman–Crippen MR) is 100 cm³/mol. The molecule has 21 heavy (non-hydrogen) atoms. The summed E-state index contributed by atoms with van der Waals surface area (Å²) in [6, 6.07) is 28.0. The average molecular weight is 381 g/mol. The van der Waals surface area contributed by atoms with Crippen LogP contribution in [0, 0.1) is 0 Å². The molecule has 0 radical (unpaired) electrons. The fourth-order valence-corrected chi connectivity index (χ4v) is 4.02. The van der Waals surface area contributed by atoms with Gasteiger partial charge in [0, 0.05) is 17.1 Å². The summed E-state index contributed by atoms with van der Waals surface area (Å²) in [4.78, 5) is 2.36. The summed E-state index contributed by atoms with van der Waals surface area (Å²) in [7, 11) is 0. The number of nitrogens with zero attached hydrogens (tertiary/aromatic N) is 1. The standard InChI is InChI=1S/C18H13BIN/c20-19-15-10-4-6-12-17(15)21(14-8-2-1-3-9-14)18-13-7-5-11-16(18)19/h1-13H. The molecule has 3 aromatic rings. The van der Waals surface area contributed by atoms with Gasteiger partial charge in [-0.3, -0.25) is 0 Å². The van der Waals surface area contributed by atoms with E-state index in [0.29, 0.717) is 4.57 Å². The third-order valence-electron chi connectivity index (χ3n) is 3.92. The largest absolute Gasteiger partial charge is 0.311 e. The predicted octanol–water partition coefficient (Wildman–Crippen LogP) is 4.01. The number of para-hydroxylation sites is 3. The van der Waals surface area contributed by atoms with Crippen LogP contribution in [0.15, 0.2) is 78.9 Å². The molecule has 3 heteroatoms. The minimum absolute atomic E-state index is 0.398. The number of hydrogen-bond donors (Lipinski definition) is 0. The molecule has 0 aromatic heterocycles. The zero-order valence-electron chi connectivity index (χ0n) is 11.4. The second-order valence-electron chi connectivity index (χ2n) is 5.15. The minimum atomic E-state index is 0.398. The van der Waals surface area contributed by atoms with Crippen molar-refractivity contribution >= 4 is 54.9 Å². The van der Waals surface area contributed by atoms with E-state index in [9.17, 15) is 0 Å². The SMILES string of the molecule is IB1c2ccccc2N(c2ccccc2)c2ccccc21. The Hall–Kier alpha value is -1.75. The van der Waals surface area contributed by atoms with Crippen molar-refractivity contribution in [1.82, 2.24) is 0 Å². The molecule has 0 unspecified atom stereocenters. The average Bonchev–Trinajstić information content (AvgIpc) is 2.56. The van der Waals surface area contributed by atoms with E-state index in [1.54, 1.807) is 0 Å². The van der Waals surface area contributed by atoms with Gasteiger partial charge in [0.1, 0.15) is 0 Å². The minimum Gasteiger partial charge on any atom is -0.311 e. The molecule has 1 heterocycles. The summed E-state index contributed by atoms with van der Waals surface area (Å²) in [5.74, 6) is 0. The van der Waals surface area contributed by atoms with Gasteiger partial charge >= 0.3 is 0 Å². The van der Waals surface area contributed by atoms with Gasteiger partial charge in [-0.15, -0.1) is 22.4 Å². The van der Waals surface area contributed by atoms with Crippen molar-refractivity contribution in [3.63, 3.8) is 0 Å². The number of fused-ring (bicyclic) bond motifs is 2. The van der Waals surface area contributed by atoms with Gasteiger partial charge in [-0.05, 0) is 35.2 Å². The highest BCUT2D eigenvalue weighted by Crippen LogP contribution is 2.35. The van der Waals surface area contributed by atoms with Crippen LogP contribution in [0.4, 0.5) is 17.1 Å². The molecular formula is C18H13BIN. The first-order chi connectivity index (χ1) is 10.4. The lowest BCUT2D eigenvalue weighted by Gasteiger charge is -2.35. The zero-order chi connectivity index (χ0) is 14.2. The highest BCUT2D eigenvalue weighted by Gasteiger charge is 2.31. The van der Waals surface area contributed by atoms with Crippen LogP contribution in [0.1, 0.15) is 0 Å². The van der Waals surface area contributed by atoms with E-state index in [-0.39, 0.29) is 0 Å². The molecule has 0 spiro atoms. The van der Waals surface area contributed by atoms with E-state index in [4.69, 9.17) is 0 Å². The molecule has 0 saturated carbocycles. The normalized spacial score (nSPS) is 12.8. The lowest BCUT2D eigenvalue weighted by atomic mass is 9.60. The monoisotopic (exact) mass is 381 g/mol. The number of anilines is 3. The fraction of sp³-hybridized carbons (Fsp3) is 0. The topological polar surface area (TPSA) is 3.24 Å². The van der Waals surface area contributed by atoms with Crippen LogP contribution in [0.2, 0.25) is 0 Å². The first-order valence-electron chi connectivity index (χ1n) is 7.03. The van der Waals surface area contributed by atoms with Gasteiger partial charge in [-0.25, -0.2) is 0 Å². The maximum absolute atomic E-state index is 2.54. The lowest BCUT2D eigenvalue weighted by molar-refractivity contribution is 1.30. The highest BCUT2D eigenvalue weighted by atomic mass is 127. The van der Waals surface area contributed by atoms with Gasteiger partial charge in [-0.1, -0.05) is 54.6 Å². The van der Waals surface area contributed by atoms with Gasteiger partial charge in [-0.2, -0.15) is 0 Å².